The number of fused-ring (bicyclic) bond motifs is 1. The van der Waals surface area contributed by atoms with Crippen LogP contribution >= 0.6 is 0 Å². The van der Waals surface area contributed by atoms with Crippen molar-refractivity contribution in [2.75, 3.05) is 51.3 Å². The van der Waals surface area contributed by atoms with E-state index in [1.165, 1.54) is 13.2 Å². The van der Waals surface area contributed by atoms with E-state index < -0.39 is 11.6 Å². The van der Waals surface area contributed by atoms with Crippen LogP contribution in [0.15, 0.2) is 61.1 Å². The van der Waals surface area contributed by atoms with E-state index in [9.17, 15) is 19.2 Å². The van der Waals surface area contributed by atoms with Gasteiger partial charge < -0.3 is 24.4 Å². The molecule has 2 aliphatic rings. The molecule has 5 aromatic rings. The van der Waals surface area contributed by atoms with Gasteiger partial charge in [0.25, 0.3) is 5.91 Å². The van der Waals surface area contributed by atoms with Crippen LogP contribution in [0.1, 0.15) is 40.0 Å². The summed E-state index contributed by atoms with van der Waals surface area (Å²) in [6, 6.07) is 12.4. The van der Waals surface area contributed by atoms with Gasteiger partial charge in [-0.3, -0.25) is 14.3 Å². The fraction of sp³-hybridized carbons (Fsp3) is 0.297. The Morgan fingerprint density at radius 3 is 2.59 bits per heavy atom. The number of nitrogens with zero attached hydrogens (tertiary/aromatic N) is 8. The van der Waals surface area contributed by atoms with Gasteiger partial charge in [-0.15, -0.1) is 5.10 Å². The second-order valence-corrected chi connectivity index (χ2v) is 12.6. The Labute approximate surface area is 292 Å². The van der Waals surface area contributed by atoms with E-state index in [1.807, 2.05) is 30.0 Å². The summed E-state index contributed by atoms with van der Waals surface area (Å²) in [5, 5.41) is 17.8. The molecule has 2 aliphatic heterocycles. The molecule has 2 aromatic carbocycles. The summed E-state index contributed by atoms with van der Waals surface area (Å²) in [6.07, 6.45) is 7.15. The summed E-state index contributed by atoms with van der Waals surface area (Å²) >= 11 is 0. The van der Waals surface area contributed by atoms with Gasteiger partial charge >= 0.3 is 0 Å². The van der Waals surface area contributed by atoms with Crippen molar-refractivity contribution in [1.29, 1.82) is 5.26 Å². The van der Waals surface area contributed by atoms with Gasteiger partial charge in [-0.2, -0.15) is 5.26 Å². The number of methoxy groups -OCH3 is 1. The molecular weight excluding hydrogens is 656 g/mol. The number of nitriles is 1. The standard InChI is InChI=1S/C37H35F2N9O3/c1-23-16-24(5-6-25(23)20-40)28-18-29(26-4-3-9-47(22-26)33(49)7-10-48-11-8-42-44-48)34(39)35-30(28)19-31(43-35)37(50)46-14-12-45(13-15-46)36-32(51-2)17-27(38)21-41-36/h4-6,8,11,16-19,21,43H,3,7,9-10,12-15,22H2,1-2H3. The van der Waals surface area contributed by atoms with Crippen LogP contribution in [0.3, 0.4) is 0 Å². The topological polar surface area (TPSA) is 136 Å². The lowest BCUT2D eigenvalue weighted by molar-refractivity contribution is -0.131. The van der Waals surface area contributed by atoms with Gasteiger partial charge in [-0.25, -0.2) is 13.8 Å². The fourth-order valence-electron chi connectivity index (χ4n) is 6.77. The molecule has 0 aliphatic carbocycles. The Morgan fingerprint density at radius 2 is 1.86 bits per heavy atom. The van der Waals surface area contributed by atoms with Crippen LogP contribution in [0.2, 0.25) is 0 Å². The number of H-pyrrole nitrogens is 1. The number of ether oxygens (including phenoxy) is 1. The monoisotopic (exact) mass is 691 g/mol. The lowest BCUT2D eigenvalue weighted by Crippen LogP contribution is -2.49. The number of hydrogen-bond acceptors (Lipinski definition) is 8. The van der Waals surface area contributed by atoms with Crippen molar-refractivity contribution in [3.63, 3.8) is 0 Å². The van der Waals surface area contributed by atoms with Crippen LogP contribution in [0.25, 0.3) is 27.6 Å². The number of aromatic nitrogens is 5. The van der Waals surface area contributed by atoms with E-state index in [0.717, 1.165) is 17.3 Å². The van der Waals surface area contributed by atoms with Crippen molar-refractivity contribution in [2.24, 2.45) is 0 Å². The summed E-state index contributed by atoms with van der Waals surface area (Å²) in [5.74, 6) is -0.550. The summed E-state index contributed by atoms with van der Waals surface area (Å²) in [5.41, 5.74) is 4.19. The number of halogens is 2. The van der Waals surface area contributed by atoms with E-state index in [1.54, 1.807) is 45.1 Å². The molecule has 0 spiro atoms. The third kappa shape index (κ3) is 6.62. The fourth-order valence-corrected chi connectivity index (χ4v) is 6.77. The van der Waals surface area contributed by atoms with Crippen molar-refractivity contribution < 1.29 is 23.1 Å². The molecule has 0 saturated carbocycles. The van der Waals surface area contributed by atoms with Crippen molar-refractivity contribution in [1.82, 2.24) is 34.8 Å². The molecule has 0 radical (unpaired) electrons. The number of amides is 2. The van der Waals surface area contributed by atoms with Crippen LogP contribution in [-0.2, 0) is 11.3 Å². The highest BCUT2D eigenvalue weighted by molar-refractivity contribution is 6.04. The lowest BCUT2D eigenvalue weighted by Gasteiger charge is -2.35. The predicted molar refractivity (Wildman–Crippen MR) is 186 cm³/mol. The van der Waals surface area contributed by atoms with E-state index in [0.29, 0.717) is 84.9 Å². The average Bonchev–Trinajstić information content (AvgIpc) is 3.85. The number of aryl methyl sites for hydroxylation is 2. The van der Waals surface area contributed by atoms with Gasteiger partial charge in [-0.05, 0) is 53.8 Å². The molecule has 7 rings (SSSR count). The number of aromatic amines is 1. The second kappa shape index (κ2) is 14.0. The molecule has 12 nitrogen and oxygen atoms in total. The van der Waals surface area contributed by atoms with E-state index in [4.69, 9.17) is 4.74 Å². The van der Waals surface area contributed by atoms with E-state index in [2.05, 4.69) is 26.3 Å². The molecule has 0 unspecified atom stereocenters. The zero-order valence-corrected chi connectivity index (χ0v) is 28.2. The van der Waals surface area contributed by atoms with Crippen LogP contribution < -0.4 is 9.64 Å². The number of piperazine rings is 1. The first kappa shape index (κ1) is 33.4. The summed E-state index contributed by atoms with van der Waals surface area (Å²) in [6.45, 7) is 4.59. The SMILES string of the molecule is COc1cc(F)cnc1N1CCN(C(=O)c2cc3c(-c4ccc(C#N)c(C)c4)cc(C4=CCCN(C(=O)CCn5ccnn5)C4)c(F)c3[nH]2)CC1. The van der Waals surface area contributed by atoms with E-state index in [-0.39, 0.29) is 36.0 Å². The Balaban J connectivity index is 1.19. The smallest absolute Gasteiger partial charge is 0.270 e. The molecule has 1 saturated heterocycles. The third-order valence-electron chi connectivity index (χ3n) is 9.50. The molecule has 3 aromatic heterocycles. The van der Waals surface area contributed by atoms with Crippen molar-refractivity contribution in [2.45, 2.75) is 26.3 Å². The van der Waals surface area contributed by atoms with Crippen molar-refractivity contribution in [3.8, 4) is 22.9 Å². The number of nitrogens with one attached hydrogen (secondary N) is 1. The first-order valence-corrected chi connectivity index (χ1v) is 16.7. The highest BCUT2D eigenvalue weighted by atomic mass is 19.1. The first-order chi connectivity index (χ1) is 24.7. The number of anilines is 1. The highest BCUT2D eigenvalue weighted by Gasteiger charge is 2.28. The van der Waals surface area contributed by atoms with Crippen molar-refractivity contribution >= 4 is 34.1 Å². The number of pyridine rings is 1. The zero-order valence-electron chi connectivity index (χ0n) is 28.2. The Hall–Kier alpha value is -6.10. The van der Waals surface area contributed by atoms with Crippen LogP contribution in [0.4, 0.5) is 14.6 Å². The van der Waals surface area contributed by atoms with Gasteiger partial charge in [0, 0.05) is 68.9 Å². The second-order valence-electron chi connectivity index (χ2n) is 12.6. The van der Waals surface area contributed by atoms with Gasteiger partial charge in [0.05, 0.1) is 43.2 Å². The molecule has 2 amide bonds. The number of carbonyl (C=O) groups excluding carboxylic acids is 2. The summed E-state index contributed by atoms with van der Waals surface area (Å²) < 4.78 is 37.3. The van der Waals surface area contributed by atoms with Gasteiger partial charge in [0.2, 0.25) is 5.91 Å². The molecule has 14 heteroatoms. The Kier molecular flexibility index (Phi) is 9.18. The maximum Gasteiger partial charge on any atom is 0.270 e. The quantitative estimate of drug-likeness (QED) is 0.241. The Morgan fingerprint density at radius 1 is 1.04 bits per heavy atom. The minimum atomic E-state index is -0.513. The Bertz CT molecular complexity index is 2200. The highest BCUT2D eigenvalue weighted by Crippen LogP contribution is 2.38. The molecule has 1 N–H and O–H groups in total. The molecule has 5 heterocycles. The lowest BCUT2D eigenvalue weighted by atomic mass is 9.92. The minimum absolute atomic E-state index is 0.0676. The number of hydrogen-bond donors (Lipinski definition) is 1. The van der Waals surface area contributed by atoms with Crippen molar-refractivity contribution in [3.05, 3.63) is 95.1 Å². The van der Waals surface area contributed by atoms with E-state index >= 15 is 4.39 Å². The molecule has 0 atom stereocenters. The summed E-state index contributed by atoms with van der Waals surface area (Å²) in [7, 11) is 1.45. The van der Waals surface area contributed by atoms with Crippen LogP contribution in [-0.4, -0.2) is 93.0 Å². The number of rotatable bonds is 8. The normalized spacial score (nSPS) is 14.8. The van der Waals surface area contributed by atoms with Crippen LogP contribution in [0.5, 0.6) is 5.75 Å². The predicted octanol–water partition coefficient (Wildman–Crippen LogP) is 4.96. The zero-order chi connectivity index (χ0) is 35.6. The maximum absolute atomic E-state index is 16.7. The molecule has 0 bridgehead atoms. The largest absolute Gasteiger partial charge is 0.493 e. The minimum Gasteiger partial charge on any atom is -0.493 e. The molecule has 51 heavy (non-hydrogen) atoms. The first-order valence-electron chi connectivity index (χ1n) is 16.7. The maximum atomic E-state index is 16.7. The number of carbonyl (C=O) groups is 2. The van der Waals surface area contributed by atoms with Gasteiger partial charge in [-0.1, -0.05) is 23.4 Å². The number of benzene rings is 2. The van der Waals surface area contributed by atoms with Gasteiger partial charge in [0.15, 0.2) is 17.4 Å². The van der Waals surface area contributed by atoms with Gasteiger partial charge in [0.1, 0.15) is 11.5 Å². The molecular formula is C37H35F2N9O3. The third-order valence-corrected chi connectivity index (χ3v) is 9.50. The molecule has 260 valence electrons. The van der Waals surface area contributed by atoms with Crippen LogP contribution in [0, 0.1) is 29.9 Å². The summed E-state index contributed by atoms with van der Waals surface area (Å²) in [4.78, 5) is 39.7. The molecule has 1 fully saturated rings. The average molecular weight is 692 g/mol.